The maximum absolute atomic E-state index is 13.6. The number of morpholine rings is 1. The number of nitrogens with two attached hydrogens (primary N) is 1. The van der Waals surface area contributed by atoms with Gasteiger partial charge in [0.2, 0.25) is 11.8 Å². The van der Waals surface area contributed by atoms with E-state index in [1.54, 1.807) is 19.2 Å². The summed E-state index contributed by atoms with van der Waals surface area (Å²) >= 11 is 1.35. The molecule has 6 N–H and O–H groups in total. The molecule has 2 fully saturated rings. The molecule has 1 aromatic rings. The number of aromatic nitrogens is 1. The van der Waals surface area contributed by atoms with Crippen molar-refractivity contribution in [2.24, 2.45) is 11.7 Å². The summed E-state index contributed by atoms with van der Waals surface area (Å²) in [6.45, 7) is 5.55. The Morgan fingerprint density at radius 2 is 1.95 bits per heavy atom. The van der Waals surface area contributed by atoms with Crippen LogP contribution in [0.15, 0.2) is 5.38 Å². The van der Waals surface area contributed by atoms with Gasteiger partial charge in [-0.3, -0.25) is 24.6 Å². The number of rotatable bonds is 13. The van der Waals surface area contributed by atoms with Crippen molar-refractivity contribution in [2.45, 2.75) is 57.7 Å². The third-order valence-electron chi connectivity index (χ3n) is 6.89. The van der Waals surface area contributed by atoms with Crippen molar-refractivity contribution in [3.05, 3.63) is 11.1 Å². The average molecular weight is 583 g/mol. The highest BCUT2D eigenvalue weighted by atomic mass is 32.1. The lowest BCUT2D eigenvalue weighted by atomic mass is 10.0. The van der Waals surface area contributed by atoms with E-state index in [1.165, 1.54) is 16.2 Å². The van der Waals surface area contributed by atoms with E-state index in [0.29, 0.717) is 57.2 Å². The number of nitrogens with one attached hydrogen (secondary N) is 4. The molecule has 0 radical (unpaired) electrons. The summed E-state index contributed by atoms with van der Waals surface area (Å²) in [5, 5.41) is 17.6. The number of alkyl halides is 1. The lowest BCUT2D eigenvalue weighted by molar-refractivity contribution is -0.141. The number of carbonyl (C=O) groups excluding carboxylic acids is 4. The molecule has 0 saturated carbocycles. The van der Waals surface area contributed by atoms with E-state index >= 15 is 0 Å². The zero-order chi connectivity index (χ0) is 29.2. The summed E-state index contributed by atoms with van der Waals surface area (Å²) < 4.78 is 18.5. The second kappa shape index (κ2) is 14.9. The molecule has 0 unspecified atom stereocenters. The van der Waals surface area contributed by atoms with Gasteiger partial charge in [0.1, 0.15) is 24.5 Å². The first-order valence-corrected chi connectivity index (χ1v) is 14.4. The molecule has 40 heavy (non-hydrogen) atoms. The molecule has 0 aliphatic carbocycles. The van der Waals surface area contributed by atoms with E-state index in [9.17, 15) is 23.6 Å². The minimum absolute atomic E-state index is 0.153. The molecule has 222 valence electrons. The van der Waals surface area contributed by atoms with Gasteiger partial charge in [0.05, 0.1) is 19.3 Å². The highest BCUT2D eigenvalue weighted by Gasteiger charge is 2.39. The maximum atomic E-state index is 13.6. The van der Waals surface area contributed by atoms with Crippen LogP contribution in [0.1, 0.15) is 50.0 Å². The molecular formula is C25H39FN8O5S. The Morgan fingerprint density at radius 1 is 1.23 bits per heavy atom. The quantitative estimate of drug-likeness (QED) is 0.122. The van der Waals surface area contributed by atoms with Gasteiger partial charge < -0.3 is 36.2 Å². The number of hydrogen-bond acceptors (Lipinski definition) is 9. The number of ether oxygens (including phenoxy) is 1. The van der Waals surface area contributed by atoms with Gasteiger partial charge in [-0.25, -0.2) is 9.37 Å². The smallest absolute Gasteiger partial charge is 0.271 e. The number of amides is 3. The Bertz CT molecular complexity index is 1060. The summed E-state index contributed by atoms with van der Waals surface area (Å²) in [6, 6.07) is -2.80. The number of guanidine groups is 1. The van der Waals surface area contributed by atoms with Crippen LogP contribution in [-0.2, 0) is 19.1 Å². The highest BCUT2D eigenvalue weighted by molar-refractivity contribution is 7.13. The lowest BCUT2D eigenvalue weighted by Crippen LogP contribution is -2.56. The normalized spacial score (nSPS) is 18.8. The molecule has 15 heteroatoms. The van der Waals surface area contributed by atoms with Gasteiger partial charge in [-0.05, 0) is 31.6 Å². The van der Waals surface area contributed by atoms with Crippen molar-refractivity contribution in [1.29, 1.82) is 5.41 Å². The molecule has 3 atom stereocenters. The van der Waals surface area contributed by atoms with Gasteiger partial charge in [0.25, 0.3) is 5.91 Å². The van der Waals surface area contributed by atoms with Gasteiger partial charge in [0, 0.05) is 31.6 Å². The predicted molar refractivity (Wildman–Crippen MR) is 148 cm³/mol. The van der Waals surface area contributed by atoms with Gasteiger partial charge in [-0.2, -0.15) is 0 Å². The van der Waals surface area contributed by atoms with Crippen LogP contribution in [-0.4, -0.2) is 104 Å². The largest absolute Gasteiger partial charge is 0.378 e. The van der Waals surface area contributed by atoms with Crippen molar-refractivity contribution in [3.63, 3.8) is 0 Å². The Morgan fingerprint density at radius 3 is 2.60 bits per heavy atom. The van der Waals surface area contributed by atoms with Crippen LogP contribution < -0.4 is 26.6 Å². The molecule has 1 aromatic heterocycles. The molecule has 0 aromatic carbocycles. The van der Waals surface area contributed by atoms with Crippen LogP contribution in [0.3, 0.4) is 0 Å². The zero-order valence-electron chi connectivity index (χ0n) is 22.9. The van der Waals surface area contributed by atoms with Crippen LogP contribution in [0, 0.1) is 11.3 Å². The van der Waals surface area contributed by atoms with Crippen molar-refractivity contribution < 1.29 is 28.3 Å². The third kappa shape index (κ3) is 8.34. The molecule has 0 bridgehead atoms. The van der Waals surface area contributed by atoms with Crippen LogP contribution in [0.5, 0.6) is 0 Å². The number of Topliss-reactive ketones (excluding diaryl/α,β-unsaturated/α-hetero) is 1. The third-order valence-corrected chi connectivity index (χ3v) is 7.79. The van der Waals surface area contributed by atoms with Gasteiger partial charge >= 0.3 is 0 Å². The van der Waals surface area contributed by atoms with E-state index in [0.717, 1.165) is 0 Å². The van der Waals surface area contributed by atoms with Crippen LogP contribution in [0.4, 0.5) is 9.52 Å². The van der Waals surface area contributed by atoms with Gasteiger partial charge in [-0.15, -0.1) is 11.3 Å². The minimum atomic E-state index is -1.23. The summed E-state index contributed by atoms with van der Waals surface area (Å²) in [5.74, 6) is -2.68. The Hall–Kier alpha value is -3.33. The Kier molecular flexibility index (Phi) is 11.6. The number of halogens is 1. The molecule has 2 aliphatic heterocycles. The number of ketones is 1. The predicted octanol–water partition coefficient (Wildman–Crippen LogP) is 0.0118. The fourth-order valence-electron chi connectivity index (χ4n) is 4.68. The number of carbonyl (C=O) groups is 4. The second-order valence-electron chi connectivity index (χ2n) is 10.1. The van der Waals surface area contributed by atoms with E-state index in [2.05, 4.69) is 20.9 Å². The maximum Gasteiger partial charge on any atom is 0.271 e. The number of anilines is 1. The molecule has 2 saturated heterocycles. The standard InChI is InChI=1S/C25H39FN8O5S/c1-15(2)20(32-21(36)17-14-40-25(31-17)33-9-11-39-12-10-33)23(38)34-8-4-6-18(34)22(37)30-16(19(35)13-26)5-3-7-29-24(27)28/h14-16,18,20H,3-13H2,1-2H3,(H,30,37)(H,32,36)(H4,27,28,29)/t16-,18-,20-/m0/s1. The number of nitrogens with zero attached hydrogens (tertiary/aromatic N) is 3. The molecule has 13 nitrogen and oxygen atoms in total. The number of hydrogen-bond donors (Lipinski definition) is 5. The summed E-state index contributed by atoms with van der Waals surface area (Å²) in [6.07, 6.45) is 1.48. The van der Waals surface area contributed by atoms with Crippen LogP contribution >= 0.6 is 11.3 Å². The molecule has 3 amide bonds. The monoisotopic (exact) mass is 582 g/mol. The van der Waals surface area contributed by atoms with Crippen molar-refractivity contribution in [2.75, 3.05) is 51.0 Å². The minimum Gasteiger partial charge on any atom is -0.378 e. The lowest BCUT2D eigenvalue weighted by Gasteiger charge is -2.31. The fraction of sp³-hybridized carbons (Fsp3) is 0.680. The molecule has 0 spiro atoms. The van der Waals surface area contributed by atoms with Gasteiger partial charge in [0.15, 0.2) is 16.9 Å². The number of likely N-dealkylation sites (tertiary alicyclic amines) is 1. The summed E-state index contributed by atoms with van der Waals surface area (Å²) in [5.41, 5.74) is 5.46. The van der Waals surface area contributed by atoms with Crippen molar-refractivity contribution in [3.8, 4) is 0 Å². The fourth-order valence-corrected chi connectivity index (χ4v) is 5.54. The Labute approximate surface area is 236 Å². The molecule has 3 heterocycles. The molecule has 3 rings (SSSR count). The van der Waals surface area contributed by atoms with Crippen LogP contribution in [0.25, 0.3) is 0 Å². The van der Waals surface area contributed by atoms with E-state index < -0.39 is 48.3 Å². The first-order chi connectivity index (χ1) is 19.1. The SMILES string of the molecule is CC(C)[C@H](NC(=O)c1csc(N2CCOCC2)n1)C(=O)N1CCC[C@H]1C(=O)N[C@@H](CCCNC(=N)N)C(=O)CF. The van der Waals surface area contributed by atoms with E-state index in [4.69, 9.17) is 15.9 Å². The average Bonchev–Trinajstić information content (AvgIpc) is 3.63. The first-order valence-electron chi connectivity index (χ1n) is 13.5. The summed E-state index contributed by atoms with van der Waals surface area (Å²) in [7, 11) is 0. The Balaban J connectivity index is 1.64. The topological polar surface area (TPSA) is 183 Å². The molecular weight excluding hydrogens is 543 g/mol. The summed E-state index contributed by atoms with van der Waals surface area (Å²) in [4.78, 5) is 59.9. The van der Waals surface area contributed by atoms with Crippen LogP contribution in [0.2, 0.25) is 0 Å². The van der Waals surface area contributed by atoms with Gasteiger partial charge in [-0.1, -0.05) is 13.8 Å². The van der Waals surface area contributed by atoms with E-state index in [1.807, 2.05) is 4.90 Å². The second-order valence-corrected chi connectivity index (χ2v) is 11.0. The first kappa shape index (κ1) is 31.2. The van der Waals surface area contributed by atoms with Crippen molar-refractivity contribution >= 4 is 45.9 Å². The number of thiazole rings is 1. The highest BCUT2D eigenvalue weighted by Crippen LogP contribution is 2.23. The zero-order valence-corrected chi connectivity index (χ0v) is 23.7. The molecule has 2 aliphatic rings. The van der Waals surface area contributed by atoms with Crippen molar-refractivity contribution in [1.82, 2.24) is 25.8 Å². The van der Waals surface area contributed by atoms with E-state index in [-0.39, 0.29) is 30.5 Å².